The lowest BCUT2D eigenvalue weighted by atomic mass is 10.1. The summed E-state index contributed by atoms with van der Waals surface area (Å²) in [4.78, 5) is 8.94. The number of aryl methyl sites for hydroxylation is 1. The predicted octanol–water partition coefficient (Wildman–Crippen LogP) is 2.23. The first-order valence-electron chi connectivity index (χ1n) is 7.20. The Morgan fingerprint density at radius 3 is 2.55 bits per heavy atom. The van der Waals surface area contributed by atoms with Crippen molar-refractivity contribution in [3.8, 4) is 22.8 Å². The SMILES string of the molecule is COc1ccc(-c2cc(C)nc(NCCCN)n2)cc1OC. The number of methoxy groups -OCH3 is 2. The van der Waals surface area contributed by atoms with Crippen LogP contribution in [0.15, 0.2) is 24.3 Å². The van der Waals surface area contributed by atoms with Crippen LogP contribution in [-0.4, -0.2) is 37.3 Å². The van der Waals surface area contributed by atoms with Crippen LogP contribution in [-0.2, 0) is 0 Å². The Hall–Kier alpha value is -2.34. The van der Waals surface area contributed by atoms with E-state index >= 15 is 0 Å². The minimum atomic E-state index is 0.609. The number of ether oxygens (including phenoxy) is 2. The van der Waals surface area contributed by atoms with Gasteiger partial charge in [0.15, 0.2) is 11.5 Å². The van der Waals surface area contributed by atoms with Gasteiger partial charge in [0.25, 0.3) is 0 Å². The van der Waals surface area contributed by atoms with Crippen LogP contribution in [0.4, 0.5) is 5.95 Å². The van der Waals surface area contributed by atoms with Crippen molar-refractivity contribution in [2.45, 2.75) is 13.3 Å². The van der Waals surface area contributed by atoms with Crippen molar-refractivity contribution in [1.82, 2.24) is 9.97 Å². The average molecular weight is 302 g/mol. The highest BCUT2D eigenvalue weighted by atomic mass is 16.5. The maximum absolute atomic E-state index is 5.50. The fourth-order valence-electron chi connectivity index (χ4n) is 2.09. The molecule has 0 aliphatic carbocycles. The van der Waals surface area contributed by atoms with Crippen LogP contribution in [0.2, 0.25) is 0 Å². The Morgan fingerprint density at radius 1 is 1.09 bits per heavy atom. The molecule has 0 saturated carbocycles. The van der Waals surface area contributed by atoms with Crippen molar-refractivity contribution in [1.29, 1.82) is 0 Å². The van der Waals surface area contributed by atoms with E-state index in [-0.39, 0.29) is 0 Å². The maximum Gasteiger partial charge on any atom is 0.223 e. The highest BCUT2D eigenvalue weighted by Gasteiger charge is 2.09. The zero-order valence-corrected chi connectivity index (χ0v) is 13.2. The van der Waals surface area contributed by atoms with Crippen molar-refractivity contribution < 1.29 is 9.47 Å². The van der Waals surface area contributed by atoms with Crippen LogP contribution in [0.5, 0.6) is 11.5 Å². The van der Waals surface area contributed by atoms with Gasteiger partial charge in [-0.1, -0.05) is 0 Å². The second kappa shape index (κ2) is 7.61. The largest absolute Gasteiger partial charge is 0.493 e. The van der Waals surface area contributed by atoms with Gasteiger partial charge in [0, 0.05) is 17.8 Å². The molecular formula is C16H22N4O2. The molecule has 118 valence electrons. The van der Waals surface area contributed by atoms with Crippen LogP contribution >= 0.6 is 0 Å². The summed E-state index contributed by atoms with van der Waals surface area (Å²) in [7, 11) is 3.23. The maximum atomic E-state index is 5.50. The first kappa shape index (κ1) is 16.0. The van der Waals surface area contributed by atoms with E-state index in [4.69, 9.17) is 15.2 Å². The second-order valence-corrected chi connectivity index (χ2v) is 4.86. The minimum Gasteiger partial charge on any atom is -0.493 e. The molecule has 0 fully saturated rings. The minimum absolute atomic E-state index is 0.609. The molecule has 1 heterocycles. The topological polar surface area (TPSA) is 82.3 Å². The van der Waals surface area contributed by atoms with Crippen molar-refractivity contribution in [3.63, 3.8) is 0 Å². The van der Waals surface area contributed by atoms with Crippen LogP contribution in [0, 0.1) is 6.92 Å². The third-order valence-electron chi connectivity index (χ3n) is 3.20. The van der Waals surface area contributed by atoms with Gasteiger partial charge in [0.1, 0.15) is 0 Å². The van der Waals surface area contributed by atoms with Gasteiger partial charge in [0.05, 0.1) is 19.9 Å². The smallest absolute Gasteiger partial charge is 0.223 e. The van der Waals surface area contributed by atoms with Crippen LogP contribution in [0.25, 0.3) is 11.3 Å². The summed E-state index contributed by atoms with van der Waals surface area (Å²) in [5.74, 6) is 1.98. The van der Waals surface area contributed by atoms with E-state index in [2.05, 4.69) is 15.3 Å². The van der Waals surface area contributed by atoms with Crippen molar-refractivity contribution in [3.05, 3.63) is 30.0 Å². The molecular weight excluding hydrogens is 280 g/mol. The van der Waals surface area contributed by atoms with E-state index in [1.54, 1.807) is 14.2 Å². The number of hydrogen-bond acceptors (Lipinski definition) is 6. The van der Waals surface area contributed by atoms with Gasteiger partial charge >= 0.3 is 0 Å². The van der Waals surface area contributed by atoms with Gasteiger partial charge in [-0.05, 0) is 44.2 Å². The number of nitrogens with two attached hydrogens (primary N) is 1. The lowest BCUT2D eigenvalue weighted by molar-refractivity contribution is 0.355. The monoisotopic (exact) mass is 302 g/mol. The second-order valence-electron chi connectivity index (χ2n) is 4.86. The van der Waals surface area contributed by atoms with Gasteiger partial charge < -0.3 is 20.5 Å². The molecule has 2 aromatic rings. The number of nitrogens with zero attached hydrogens (tertiary/aromatic N) is 2. The predicted molar refractivity (Wildman–Crippen MR) is 87.5 cm³/mol. The molecule has 3 N–H and O–H groups in total. The fraction of sp³-hybridized carbons (Fsp3) is 0.375. The molecule has 0 unspecified atom stereocenters. The molecule has 0 saturated heterocycles. The first-order valence-corrected chi connectivity index (χ1v) is 7.20. The van der Waals surface area contributed by atoms with E-state index in [0.717, 1.165) is 29.9 Å². The summed E-state index contributed by atoms with van der Waals surface area (Å²) < 4.78 is 10.6. The molecule has 2 rings (SSSR count). The Morgan fingerprint density at radius 2 is 1.86 bits per heavy atom. The number of rotatable bonds is 7. The molecule has 0 aliphatic heterocycles. The van der Waals surface area contributed by atoms with Crippen LogP contribution < -0.4 is 20.5 Å². The molecule has 1 aromatic carbocycles. The number of anilines is 1. The van der Waals surface area contributed by atoms with E-state index in [1.165, 1.54) is 0 Å². The van der Waals surface area contributed by atoms with Crippen LogP contribution in [0.3, 0.4) is 0 Å². The molecule has 22 heavy (non-hydrogen) atoms. The molecule has 6 heteroatoms. The summed E-state index contributed by atoms with van der Waals surface area (Å²) in [6, 6.07) is 7.67. The van der Waals surface area contributed by atoms with Crippen molar-refractivity contribution >= 4 is 5.95 Å². The van der Waals surface area contributed by atoms with Crippen molar-refractivity contribution in [2.24, 2.45) is 5.73 Å². The van der Waals surface area contributed by atoms with Gasteiger partial charge in [-0.15, -0.1) is 0 Å². The zero-order valence-electron chi connectivity index (χ0n) is 13.2. The van der Waals surface area contributed by atoms with Gasteiger partial charge in [-0.2, -0.15) is 0 Å². The summed E-state index contributed by atoms with van der Waals surface area (Å²) in [6.07, 6.45) is 0.878. The van der Waals surface area contributed by atoms with Gasteiger partial charge in [0.2, 0.25) is 5.95 Å². The summed E-state index contributed by atoms with van der Waals surface area (Å²) in [5.41, 5.74) is 8.18. The van der Waals surface area contributed by atoms with Crippen LogP contribution in [0.1, 0.15) is 12.1 Å². The van der Waals surface area contributed by atoms with Gasteiger partial charge in [-0.3, -0.25) is 0 Å². The van der Waals surface area contributed by atoms with Gasteiger partial charge in [-0.25, -0.2) is 9.97 Å². The van der Waals surface area contributed by atoms with E-state index in [9.17, 15) is 0 Å². The molecule has 6 nitrogen and oxygen atoms in total. The highest BCUT2D eigenvalue weighted by Crippen LogP contribution is 2.31. The first-order chi connectivity index (χ1) is 10.7. The van der Waals surface area contributed by atoms with E-state index in [0.29, 0.717) is 24.0 Å². The fourth-order valence-corrected chi connectivity index (χ4v) is 2.09. The summed E-state index contributed by atoms with van der Waals surface area (Å²) in [6.45, 7) is 3.34. The third-order valence-corrected chi connectivity index (χ3v) is 3.20. The number of hydrogen-bond donors (Lipinski definition) is 2. The molecule has 1 aromatic heterocycles. The molecule has 0 amide bonds. The lowest BCUT2D eigenvalue weighted by Gasteiger charge is -2.11. The lowest BCUT2D eigenvalue weighted by Crippen LogP contribution is -2.11. The molecule has 0 spiro atoms. The molecule has 0 aliphatic rings. The molecule has 0 atom stereocenters. The molecule has 0 bridgehead atoms. The average Bonchev–Trinajstić information content (AvgIpc) is 2.54. The normalized spacial score (nSPS) is 10.4. The zero-order chi connectivity index (χ0) is 15.9. The quantitative estimate of drug-likeness (QED) is 0.763. The highest BCUT2D eigenvalue weighted by molar-refractivity contribution is 5.65. The standard InChI is InChI=1S/C16H22N4O2/c1-11-9-13(20-16(19-11)18-8-4-7-17)12-5-6-14(21-2)15(10-12)22-3/h5-6,9-10H,4,7-8,17H2,1-3H3,(H,18,19,20). The molecule has 0 radical (unpaired) electrons. The number of aromatic nitrogens is 2. The van der Waals surface area contributed by atoms with E-state index < -0.39 is 0 Å². The number of nitrogens with one attached hydrogen (secondary N) is 1. The summed E-state index contributed by atoms with van der Waals surface area (Å²) >= 11 is 0. The third kappa shape index (κ3) is 3.85. The van der Waals surface area contributed by atoms with Crippen molar-refractivity contribution in [2.75, 3.05) is 32.6 Å². The Labute approximate surface area is 130 Å². The summed E-state index contributed by atoms with van der Waals surface area (Å²) in [5, 5.41) is 3.19. The number of benzene rings is 1. The Bertz CT molecular complexity index is 632. The Balaban J connectivity index is 2.31. The Kier molecular flexibility index (Phi) is 5.55. The van der Waals surface area contributed by atoms with E-state index in [1.807, 2.05) is 31.2 Å².